The highest BCUT2D eigenvalue weighted by atomic mass is 16.5. The minimum atomic E-state index is -0.410. The van der Waals surface area contributed by atoms with Gasteiger partial charge in [-0.15, -0.1) is 0 Å². The predicted octanol–water partition coefficient (Wildman–Crippen LogP) is 0.759. The fourth-order valence-electron chi connectivity index (χ4n) is 0.857. The Morgan fingerprint density at radius 3 is 2.83 bits per heavy atom. The zero-order valence-electron chi connectivity index (χ0n) is 7.00. The first kappa shape index (κ1) is 8.52. The molecule has 0 atom stereocenters. The topological polar surface area (TPSA) is 65.2 Å². The van der Waals surface area contributed by atoms with E-state index in [2.05, 4.69) is 9.72 Å². The summed E-state index contributed by atoms with van der Waals surface area (Å²) in [5.74, 6) is -0.410. The lowest BCUT2D eigenvalue weighted by atomic mass is 10.1. The van der Waals surface area contributed by atoms with Crippen LogP contribution in [0.1, 0.15) is 15.9 Å². The standard InChI is InChI=1S/C8H10N2O2/c1-5-6(8(11)12-2)3-10-4-7(5)9/h3-4H,9H2,1-2H3. The van der Waals surface area contributed by atoms with Crippen LogP contribution in [-0.4, -0.2) is 18.1 Å². The number of nitrogen functional groups attached to an aromatic ring is 1. The van der Waals surface area contributed by atoms with E-state index in [1.165, 1.54) is 19.5 Å². The predicted molar refractivity (Wildman–Crippen MR) is 44.7 cm³/mol. The second kappa shape index (κ2) is 3.21. The van der Waals surface area contributed by atoms with Crippen molar-refractivity contribution in [2.24, 2.45) is 0 Å². The molecule has 0 radical (unpaired) electrons. The fourth-order valence-corrected chi connectivity index (χ4v) is 0.857. The van der Waals surface area contributed by atoms with Crippen LogP contribution >= 0.6 is 0 Å². The molecule has 2 N–H and O–H groups in total. The molecule has 4 nitrogen and oxygen atoms in total. The summed E-state index contributed by atoms with van der Waals surface area (Å²) in [4.78, 5) is 14.9. The Morgan fingerprint density at radius 2 is 2.25 bits per heavy atom. The third-order valence-corrected chi connectivity index (χ3v) is 1.66. The van der Waals surface area contributed by atoms with Gasteiger partial charge in [0.2, 0.25) is 0 Å². The molecular weight excluding hydrogens is 156 g/mol. The molecule has 1 aromatic rings. The molecule has 0 saturated carbocycles. The number of ether oxygens (including phenoxy) is 1. The van der Waals surface area contributed by atoms with Crippen LogP contribution in [0, 0.1) is 6.92 Å². The molecule has 0 aliphatic rings. The van der Waals surface area contributed by atoms with Crippen molar-refractivity contribution in [3.05, 3.63) is 23.5 Å². The molecule has 0 fully saturated rings. The molecule has 0 aliphatic carbocycles. The van der Waals surface area contributed by atoms with Gasteiger partial charge in [-0.2, -0.15) is 0 Å². The number of hydrogen-bond acceptors (Lipinski definition) is 4. The van der Waals surface area contributed by atoms with Gasteiger partial charge in [-0.05, 0) is 12.5 Å². The largest absolute Gasteiger partial charge is 0.465 e. The summed E-state index contributed by atoms with van der Waals surface area (Å²) in [5, 5.41) is 0. The van der Waals surface area contributed by atoms with Crippen molar-refractivity contribution in [2.75, 3.05) is 12.8 Å². The van der Waals surface area contributed by atoms with E-state index in [1.54, 1.807) is 6.92 Å². The number of pyridine rings is 1. The highest BCUT2D eigenvalue weighted by molar-refractivity contribution is 5.91. The zero-order valence-corrected chi connectivity index (χ0v) is 7.00. The Morgan fingerprint density at radius 1 is 1.58 bits per heavy atom. The van der Waals surface area contributed by atoms with Gasteiger partial charge in [0.1, 0.15) is 0 Å². The first-order valence-corrected chi connectivity index (χ1v) is 3.45. The maximum absolute atomic E-state index is 11.1. The van der Waals surface area contributed by atoms with Crippen molar-refractivity contribution in [1.29, 1.82) is 0 Å². The molecule has 4 heteroatoms. The number of hydrogen-bond donors (Lipinski definition) is 1. The van der Waals surface area contributed by atoms with Crippen LogP contribution in [0.15, 0.2) is 12.4 Å². The van der Waals surface area contributed by atoms with Crippen LogP contribution in [0.25, 0.3) is 0 Å². The van der Waals surface area contributed by atoms with E-state index < -0.39 is 5.97 Å². The minimum absolute atomic E-state index is 0.410. The van der Waals surface area contributed by atoms with E-state index in [-0.39, 0.29) is 0 Å². The number of esters is 1. The molecule has 1 rings (SSSR count). The number of nitrogens with zero attached hydrogens (tertiary/aromatic N) is 1. The Hall–Kier alpha value is -1.58. The average molecular weight is 166 g/mol. The first-order valence-electron chi connectivity index (χ1n) is 3.45. The van der Waals surface area contributed by atoms with Gasteiger partial charge in [-0.25, -0.2) is 4.79 Å². The third kappa shape index (κ3) is 1.37. The molecule has 0 aliphatic heterocycles. The van der Waals surface area contributed by atoms with Crippen LogP contribution in [0.3, 0.4) is 0 Å². The highest BCUT2D eigenvalue weighted by Crippen LogP contribution is 2.13. The molecule has 0 saturated heterocycles. The second-order valence-corrected chi connectivity index (χ2v) is 2.39. The van der Waals surface area contributed by atoms with Crippen molar-refractivity contribution >= 4 is 11.7 Å². The van der Waals surface area contributed by atoms with Gasteiger partial charge in [0, 0.05) is 6.20 Å². The summed E-state index contributed by atoms with van der Waals surface area (Å²) in [7, 11) is 1.32. The molecule has 0 bridgehead atoms. The molecule has 1 aromatic heterocycles. The van der Waals surface area contributed by atoms with Crippen molar-refractivity contribution in [1.82, 2.24) is 4.98 Å². The van der Waals surface area contributed by atoms with E-state index in [1.807, 2.05) is 0 Å². The van der Waals surface area contributed by atoms with Gasteiger partial charge in [-0.1, -0.05) is 0 Å². The Labute approximate surface area is 70.4 Å². The summed E-state index contributed by atoms with van der Waals surface area (Å²) in [6.07, 6.45) is 2.94. The Bertz CT molecular complexity index is 310. The van der Waals surface area contributed by atoms with E-state index in [9.17, 15) is 4.79 Å². The Balaban J connectivity index is 3.16. The van der Waals surface area contributed by atoms with E-state index in [0.29, 0.717) is 16.8 Å². The monoisotopic (exact) mass is 166 g/mol. The van der Waals surface area contributed by atoms with Crippen LogP contribution in [0.2, 0.25) is 0 Å². The summed E-state index contributed by atoms with van der Waals surface area (Å²) < 4.78 is 4.54. The molecule has 0 spiro atoms. The lowest BCUT2D eigenvalue weighted by molar-refractivity contribution is 0.0599. The third-order valence-electron chi connectivity index (χ3n) is 1.66. The molecule has 1 heterocycles. The maximum Gasteiger partial charge on any atom is 0.339 e. The first-order chi connectivity index (χ1) is 5.66. The number of anilines is 1. The molecule has 0 amide bonds. The van der Waals surface area contributed by atoms with E-state index >= 15 is 0 Å². The molecular formula is C8H10N2O2. The van der Waals surface area contributed by atoms with Crippen molar-refractivity contribution in [3.8, 4) is 0 Å². The van der Waals surface area contributed by atoms with E-state index in [4.69, 9.17) is 5.73 Å². The quantitative estimate of drug-likeness (QED) is 0.625. The molecule has 0 aromatic carbocycles. The van der Waals surface area contributed by atoms with Gasteiger partial charge in [0.05, 0.1) is 24.6 Å². The number of carbonyl (C=O) groups excluding carboxylic acids is 1. The maximum atomic E-state index is 11.1. The van der Waals surface area contributed by atoms with Gasteiger partial charge in [0.25, 0.3) is 0 Å². The lowest BCUT2D eigenvalue weighted by Crippen LogP contribution is -2.06. The number of nitrogens with two attached hydrogens (primary N) is 1. The highest BCUT2D eigenvalue weighted by Gasteiger charge is 2.10. The summed E-state index contributed by atoms with van der Waals surface area (Å²) in [5.41, 5.74) is 7.16. The van der Waals surface area contributed by atoms with Crippen LogP contribution in [0.4, 0.5) is 5.69 Å². The van der Waals surface area contributed by atoms with E-state index in [0.717, 1.165) is 0 Å². The summed E-state index contributed by atoms with van der Waals surface area (Å²) in [6, 6.07) is 0. The summed E-state index contributed by atoms with van der Waals surface area (Å²) >= 11 is 0. The normalized spacial score (nSPS) is 9.50. The fraction of sp³-hybridized carbons (Fsp3) is 0.250. The smallest absolute Gasteiger partial charge is 0.339 e. The Kier molecular flexibility index (Phi) is 2.28. The van der Waals surface area contributed by atoms with Crippen LogP contribution < -0.4 is 5.73 Å². The molecule has 0 unspecified atom stereocenters. The molecule has 64 valence electrons. The summed E-state index contributed by atoms with van der Waals surface area (Å²) in [6.45, 7) is 1.75. The van der Waals surface area contributed by atoms with Crippen LogP contribution in [0.5, 0.6) is 0 Å². The van der Waals surface area contributed by atoms with Crippen molar-refractivity contribution in [2.45, 2.75) is 6.92 Å². The lowest BCUT2D eigenvalue weighted by Gasteiger charge is -2.04. The van der Waals surface area contributed by atoms with Crippen LogP contribution in [-0.2, 0) is 4.74 Å². The number of methoxy groups -OCH3 is 1. The van der Waals surface area contributed by atoms with Gasteiger partial charge >= 0.3 is 5.97 Å². The average Bonchev–Trinajstić information content (AvgIpc) is 2.08. The van der Waals surface area contributed by atoms with Crippen molar-refractivity contribution in [3.63, 3.8) is 0 Å². The number of rotatable bonds is 1. The van der Waals surface area contributed by atoms with Gasteiger partial charge in [-0.3, -0.25) is 4.98 Å². The molecule has 12 heavy (non-hydrogen) atoms. The zero-order chi connectivity index (χ0) is 9.14. The number of carbonyl (C=O) groups is 1. The number of aromatic nitrogens is 1. The van der Waals surface area contributed by atoms with Gasteiger partial charge < -0.3 is 10.5 Å². The van der Waals surface area contributed by atoms with Gasteiger partial charge in [0.15, 0.2) is 0 Å². The minimum Gasteiger partial charge on any atom is -0.465 e. The SMILES string of the molecule is COC(=O)c1cncc(N)c1C. The van der Waals surface area contributed by atoms with Crippen molar-refractivity contribution < 1.29 is 9.53 Å². The second-order valence-electron chi connectivity index (χ2n) is 2.39.